The van der Waals surface area contributed by atoms with E-state index in [0.717, 1.165) is 16.5 Å². The molecule has 0 saturated carbocycles. The van der Waals surface area contributed by atoms with Gasteiger partial charge in [0.2, 0.25) is 5.09 Å². The highest BCUT2D eigenvalue weighted by Crippen LogP contribution is 2.34. The maximum atomic E-state index is 12.6. The molecule has 0 spiro atoms. The first-order chi connectivity index (χ1) is 9.19. The monoisotopic (exact) mass is 316 g/mol. The maximum absolute atomic E-state index is 12.6. The van der Waals surface area contributed by atoms with Gasteiger partial charge in [-0.15, -0.1) is 11.3 Å². The van der Waals surface area contributed by atoms with Crippen LogP contribution in [0.25, 0.3) is 0 Å². The molecule has 0 amide bonds. The molecule has 5 nitrogen and oxygen atoms in total. The van der Waals surface area contributed by atoms with Crippen LogP contribution < -0.4 is 0 Å². The predicted molar refractivity (Wildman–Crippen MR) is 74.8 cm³/mol. The Morgan fingerprint density at radius 1 is 1.47 bits per heavy atom. The largest absolute Gasteiger partial charge is 0.452 e. The average Bonchev–Trinajstić information content (AvgIpc) is 3.12. The summed E-state index contributed by atoms with van der Waals surface area (Å²) in [4.78, 5) is 4.25. The van der Waals surface area contributed by atoms with Crippen molar-refractivity contribution in [3.05, 3.63) is 35.0 Å². The highest BCUT2D eigenvalue weighted by atomic mass is 32.2. The zero-order chi connectivity index (χ0) is 13.3. The summed E-state index contributed by atoms with van der Waals surface area (Å²) in [5, 5.41) is 2.70. The van der Waals surface area contributed by atoms with Gasteiger partial charge in [-0.1, -0.05) is 0 Å². The number of rotatable bonds is 3. The van der Waals surface area contributed by atoms with Gasteiger partial charge in [0, 0.05) is 29.6 Å². The molecule has 1 aliphatic heterocycles. The van der Waals surface area contributed by atoms with E-state index < -0.39 is 10.0 Å². The Balaban J connectivity index is 1.97. The van der Waals surface area contributed by atoms with Gasteiger partial charge in [0.1, 0.15) is 5.01 Å². The lowest BCUT2D eigenvalue weighted by molar-refractivity contribution is 0.337. The Morgan fingerprint density at radius 3 is 3.05 bits per heavy atom. The van der Waals surface area contributed by atoms with Crippen LogP contribution in [-0.2, 0) is 10.0 Å². The van der Waals surface area contributed by atoms with E-state index in [1.807, 2.05) is 5.38 Å². The van der Waals surface area contributed by atoms with Gasteiger partial charge in [0.05, 0.1) is 12.3 Å². The van der Waals surface area contributed by atoms with Crippen molar-refractivity contribution in [2.75, 3.05) is 18.1 Å². The summed E-state index contributed by atoms with van der Waals surface area (Å²) in [5.41, 5.74) is 0. The summed E-state index contributed by atoms with van der Waals surface area (Å²) in [6.45, 7) is 0.484. The van der Waals surface area contributed by atoms with E-state index in [4.69, 9.17) is 4.42 Å². The fourth-order valence-electron chi connectivity index (χ4n) is 2.00. The van der Waals surface area contributed by atoms with E-state index in [0.29, 0.717) is 6.54 Å². The second kappa shape index (κ2) is 5.28. The normalized spacial score (nSPS) is 21.6. The van der Waals surface area contributed by atoms with E-state index in [2.05, 4.69) is 4.98 Å². The highest BCUT2D eigenvalue weighted by Gasteiger charge is 2.37. The molecular formula is C11H12N2O3S3. The SMILES string of the molecule is O=S(=O)(c1ccco1)N1CCSCC1c1nccs1. The number of thioether (sulfide) groups is 1. The molecule has 1 fully saturated rings. The fourth-order valence-corrected chi connectivity index (χ4v) is 5.68. The van der Waals surface area contributed by atoms with Crippen molar-refractivity contribution >= 4 is 33.1 Å². The minimum atomic E-state index is -3.57. The molecule has 0 bridgehead atoms. The van der Waals surface area contributed by atoms with Crippen molar-refractivity contribution < 1.29 is 12.8 Å². The first-order valence-electron chi connectivity index (χ1n) is 5.72. The standard InChI is InChI=1S/C11H12N2O3S3/c14-19(15,10-2-1-5-16-10)13-4-7-17-8-9(13)11-12-3-6-18-11/h1-3,5-6,9H,4,7-8H2. The molecule has 0 aromatic carbocycles. The van der Waals surface area contributed by atoms with E-state index in [-0.39, 0.29) is 11.1 Å². The molecule has 3 heterocycles. The van der Waals surface area contributed by atoms with Crippen LogP contribution in [0.2, 0.25) is 0 Å². The lowest BCUT2D eigenvalue weighted by Gasteiger charge is -2.32. The number of hydrogen-bond acceptors (Lipinski definition) is 6. The van der Waals surface area contributed by atoms with Gasteiger partial charge in [0.15, 0.2) is 0 Å². The Bertz CT molecular complexity index is 622. The molecule has 1 atom stereocenters. The summed E-state index contributed by atoms with van der Waals surface area (Å²) in [6, 6.07) is 2.87. The van der Waals surface area contributed by atoms with Gasteiger partial charge in [-0.25, -0.2) is 13.4 Å². The van der Waals surface area contributed by atoms with Crippen LogP contribution in [0.3, 0.4) is 0 Å². The van der Waals surface area contributed by atoms with Crippen LogP contribution in [0.15, 0.2) is 39.5 Å². The van der Waals surface area contributed by atoms with Crippen molar-refractivity contribution in [3.63, 3.8) is 0 Å². The number of thiazole rings is 1. The number of sulfonamides is 1. The third kappa shape index (κ3) is 2.45. The Labute approximate surface area is 119 Å². The van der Waals surface area contributed by atoms with Crippen molar-refractivity contribution in [2.45, 2.75) is 11.1 Å². The molecule has 1 aliphatic rings. The maximum Gasteiger partial charge on any atom is 0.277 e. The molecular weight excluding hydrogens is 304 g/mol. The smallest absolute Gasteiger partial charge is 0.277 e. The number of nitrogens with zero attached hydrogens (tertiary/aromatic N) is 2. The van der Waals surface area contributed by atoms with Gasteiger partial charge >= 0.3 is 0 Å². The van der Waals surface area contributed by atoms with Gasteiger partial charge in [-0.05, 0) is 12.1 Å². The number of furan rings is 1. The molecule has 8 heteroatoms. The molecule has 1 unspecified atom stereocenters. The Kier molecular flexibility index (Phi) is 3.66. The van der Waals surface area contributed by atoms with E-state index in [1.165, 1.54) is 28.0 Å². The first kappa shape index (κ1) is 13.2. The summed E-state index contributed by atoms with van der Waals surface area (Å²) in [5.74, 6) is 1.52. The second-order valence-corrected chi connectivity index (χ2v) is 7.91. The van der Waals surface area contributed by atoms with Crippen molar-refractivity contribution in [1.82, 2.24) is 9.29 Å². The molecule has 19 heavy (non-hydrogen) atoms. The highest BCUT2D eigenvalue weighted by molar-refractivity contribution is 7.99. The van der Waals surface area contributed by atoms with Crippen LogP contribution in [-0.4, -0.2) is 35.8 Å². The quantitative estimate of drug-likeness (QED) is 0.869. The molecule has 3 rings (SSSR count). The third-order valence-electron chi connectivity index (χ3n) is 2.87. The van der Waals surface area contributed by atoms with Gasteiger partial charge in [-0.3, -0.25) is 0 Å². The summed E-state index contributed by atoms with van der Waals surface area (Å²) in [6.07, 6.45) is 3.08. The molecule has 2 aromatic rings. The third-order valence-corrected chi connectivity index (χ3v) is 6.57. The van der Waals surface area contributed by atoms with Gasteiger partial charge in [0.25, 0.3) is 10.0 Å². The second-order valence-electron chi connectivity index (χ2n) is 4.01. The van der Waals surface area contributed by atoms with E-state index in [9.17, 15) is 8.42 Å². The van der Waals surface area contributed by atoms with Crippen LogP contribution in [0, 0.1) is 0 Å². The van der Waals surface area contributed by atoms with Gasteiger partial charge < -0.3 is 4.42 Å². The van der Waals surface area contributed by atoms with Crippen molar-refractivity contribution in [3.8, 4) is 0 Å². The zero-order valence-corrected chi connectivity index (χ0v) is 12.4. The molecule has 0 N–H and O–H groups in total. The molecule has 2 aromatic heterocycles. The summed E-state index contributed by atoms with van der Waals surface area (Å²) < 4.78 is 31.7. The van der Waals surface area contributed by atoms with Crippen LogP contribution in [0.5, 0.6) is 0 Å². The zero-order valence-electron chi connectivity index (χ0n) is 9.93. The Hall–Kier alpha value is -0.830. The number of aromatic nitrogens is 1. The predicted octanol–water partition coefficient (Wildman–Crippen LogP) is 2.21. The van der Waals surface area contributed by atoms with Crippen LogP contribution in [0.4, 0.5) is 0 Å². The Morgan fingerprint density at radius 2 is 2.37 bits per heavy atom. The first-order valence-corrected chi connectivity index (χ1v) is 9.19. The topological polar surface area (TPSA) is 63.4 Å². The molecule has 102 valence electrons. The van der Waals surface area contributed by atoms with Crippen molar-refractivity contribution in [2.24, 2.45) is 0 Å². The van der Waals surface area contributed by atoms with E-state index in [1.54, 1.807) is 24.0 Å². The molecule has 0 aliphatic carbocycles. The average molecular weight is 316 g/mol. The van der Waals surface area contributed by atoms with Crippen LogP contribution >= 0.6 is 23.1 Å². The number of hydrogen-bond donors (Lipinski definition) is 0. The van der Waals surface area contributed by atoms with Crippen molar-refractivity contribution in [1.29, 1.82) is 0 Å². The molecule has 0 radical (unpaired) electrons. The fraction of sp³-hybridized carbons (Fsp3) is 0.364. The minimum Gasteiger partial charge on any atom is -0.452 e. The minimum absolute atomic E-state index is 0.000885. The molecule has 1 saturated heterocycles. The van der Waals surface area contributed by atoms with Crippen LogP contribution in [0.1, 0.15) is 11.0 Å². The summed E-state index contributed by atoms with van der Waals surface area (Å²) >= 11 is 3.23. The van der Waals surface area contributed by atoms with E-state index >= 15 is 0 Å². The lowest BCUT2D eigenvalue weighted by atomic mass is 10.3. The summed E-state index contributed by atoms with van der Waals surface area (Å²) in [7, 11) is -3.57. The van der Waals surface area contributed by atoms with Gasteiger partial charge in [-0.2, -0.15) is 16.1 Å². The lowest BCUT2D eigenvalue weighted by Crippen LogP contribution is -2.40.